The van der Waals surface area contributed by atoms with Crippen LogP contribution in [0, 0.1) is 11.7 Å². The van der Waals surface area contributed by atoms with Crippen molar-refractivity contribution in [3.05, 3.63) is 35.6 Å². The molecular formula is C13H17FO2. The van der Waals surface area contributed by atoms with Crippen LogP contribution in [0.15, 0.2) is 24.3 Å². The van der Waals surface area contributed by atoms with Crippen LogP contribution in [0.1, 0.15) is 38.2 Å². The Hall–Kier alpha value is -1.38. The van der Waals surface area contributed by atoms with E-state index in [9.17, 15) is 9.18 Å². The van der Waals surface area contributed by atoms with Gasteiger partial charge in [-0.1, -0.05) is 32.0 Å². The van der Waals surface area contributed by atoms with Crippen molar-refractivity contribution in [3.8, 4) is 0 Å². The summed E-state index contributed by atoms with van der Waals surface area (Å²) in [7, 11) is 0. The second-order valence-corrected chi connectivity index (χ2v) is 4.45. The molecule has 1 aromatic rings. The SMILES string of the molecule is CC(C)CC(CC(=O)O)c1ccccc1F. The highest BCUT2D eigenvalue weighted by Gasteiger charge is 2.19. The Morgan fingerprint density at radius 3 is 2.50 bits per heavy atom. The number of carboxylic acids is 1. The molecule has 1 unspecified atom stereocenters. The minimum Gasteiger partial charge on any atom is -0.481 e. The Kier molecular flexibility index (Phi) is 4.47. The third-order valence-corrected chi connectivity index (χ3v) is 2.52. The van der Waals surface area contributed by atoms with Crippen molar-refractivity contribution in [1.82, 2.24) is 0 Å². The lowest BCUT2D eigenvalue weighted by atomic mass is 9.87. The molecular weight excluding hydrogens is 207 g/mol. The van der Waals surface area contributed by atoms with E-state index in [-0.39, 0.29) is 18.2 Å². The summed E-state index contributed by atoms with van der Waals surface area (Å²) in [6, 6.07) is 6.41. The molecule has 0 aromatic heterocycles. The first kappa shape index (κ1) is 12.7. The molecule has 16 heavy (non-hydrogen) atoms. The van der Waals surface area contributed by atoms with Gasteiger partial charge in [0.25, 0.3) is 0 Å². The Balaban J connectivity index is 2.91. The van der Waals surface area contributed by atoms with Crippen molar-refractivity contribution in [2.45, 2.75) is 32.6 Å². The van der Waals surface area contributed by atoms with Gasteiger partial charge in [-0.25, -0.2) is 4.39 Å². The minimum atomic E-state index is -0.881. The number of halogens is 1. The van der Waals surface area contributed by atoms with Gasteiger partial charge in [-0.05, 0) is 29.9 Å². The van der Waals surface area contributed by atoms with Crippen molar-refractivity contribution in [1.29, 1.82) is 0 Å². The third kappa shape index (κ3) is 3.65. The van der Waals surface area contributed by atoms with Crippen LogP contribution in [0.5, 0.6) is 0 Å². The lowest BCUT2D eigenvalue weighted by Crippen LogP contribution is -2.10. The van der Waals surface area contributed by atoms with E-state index in [1.807, 2.05) is 13.8 Å². The summed E-state index contributed by atoms with van der Waals surface area (Å²) in [5.74, 6) is -1.08. The van der Waals surface area contributed by atoms with E-state index in [0.717, 1.165) is 0 Å². The maximum atomic E-state index is 13.5. The zero-order valence-electron chi connectivity index (χ0n) is 9.61. The molecule has 1 N–H and O–H groups in total. The Labute approximate surface area is 95.1 Å². The van der Waals surface area contributed by atoms with Crippen LogP contribution in [-0.2, 0) is 4.79 Å². The molecule has 0 fully saturated rings. The Morgan fingerprint density at radius 1 is 1.38 bits per heavy atom. The first-order valence-corrected chi connectivity index (χ1v) is 5.47. The van der Waals surface area contributed by atoms with Crippen LogP contribution in [0.4, 0.5) is 4.39 Å². The molecule has 0 aliphatic rings. The van der Waals surface area contributed by atoms with Gasteiger partial charge in [-0.15, -0.1) is 0 Å². The molecule has 3 heteroatoms. The fraction of sp³-hybridized carbons (Fsp3) is 0.462. The molecule has 0 heterocycles. The number of carbonyl (C=O) groups is 1. The Bertz CT molecular complexity index is 361. The van der Waals surface area contributed by atoms with Gasteiger partial charge >= 0.3 is 5.97 Å². The lowest BCUT2D eigenvalue weighted by Gasteiger charge is -2.18. The molecule has 88 valence electrons. The molecule has 0 saturated carbocycles. The van der Waals surface area contributed by atoms with Crippen LogP contribution in [0.3, 0.4) is 0 Å². The molecule has 1 aromatic carbocycles. The highest BCUT2D eigenvalue weighted by molar-refractivity contribution is 5.68. The van der Waals surface area contributed by atoms with Crippen LogP contribution in [-0.4, -0.2) is 11.1 Å². The fourth-order valence-corrected chi connectivity index (χ4v) is 1.91. The average Bonchev–Trinajstić information content (AvgIpc) is 2.15. The molecule has 0 aliphatic carbocycles. The zero-order chi connectivity index (χ0) is 12.1. The van der Waals surface area contributed by atoms with Gasteiger partial charge in [0.15, 0.2) is 0 Å². The molecule has 1 atom stereocenters. The molecule has 0 bridgehead atoms. The second kappa shape index (κ2) is 5.64. The van der Waals surface area contributed by atoms with Gasteiger partial charge < -0.3 is 5.11 Å². The van der Waals surface area contributed by atoms with Gasteiger partial charge in [0.2, 0.25) is 0 Å². The number of aliphatic carboxylic acids is 1. The standard InChI is InChI=1S/C13H17FO2/c1-9(2)7-10(8-13(15)16)11-5-3-4-6-12(11)14/h3-6,9-10H,7-8H2,1-2H3,(H,15,16). The van der Waals surface area contributed by atoms with Crippen molar-refractivity contribution >= 4 is 5.97 Å². The molecule has 0 spiro atoms. The van der Waals surface area contributed by atoms with Gasteiger partial charge in [0.1, 0.15) is 5.82 Å². The summed E-state index contributed by atoms with van der Waals surface area (Å²) >= 11 is 0. The molecule has 0 saturated heterocycles. The monoisotopic (exact) mass is 224 g/mol. The van der Waals surface area contributed by atoms with E-state index >= 15 is 0 Å². The zero-order valence-corrected chi connectivity index (χ0v) is 9.61. The van der Waals surface area contributed by atoms with Crippen molar-refractivity contribution in [2.24, 2.45) is 5.92 Å². The minimum absolute atomic E-state index is 0.0148. The summed E-state index contributed by atoms with van der Waals surface area (Å²) in [6.07, 6.45) is 0.673. The van der Waals surface area contributed by atoms with E-state index < -0.39 is 5.97 Å². The van der Waals surface area contributed by atoms with Gasteiger partial charge in [0.05, 0.1) is 6.42 Å². The maximum Gasteiger partial charge on any atom is 0.303 e. The van der Waals surface area contributed by atoms with Crippen LogP contribution in [0.25, 0.3) is 0 Å². The second-order valence-electron chi connectivity index (χ2n) is 4.45. The first-order chi connectivity index (χ1) is 7.50. The number of carboxylic acid groups (broad SMARTS) is 1. The lowest BCUT2D eigenvalue weighted by molar-refractivity contribution is -0.137. The average molecular weight is 224 g/mol. The van der Waals surface area contributed by atoms with E-state index in [1.165, 1.54) is 6.07 Å². The third-order valence-electron chi connectivity index (χ3n) is 2.52. The van der Waals surface area contributed by atoms with E-state index in [1.54, 1.807) is 18.2 Å². The molecule has 0 radical (unpaired) electrons. The molecule has 1 rings (SSSR count). The number of benzene rings is 1. The van der Waals surface area contributed by atoms with E-state index in [4.69, 9.17) is 5.11 Å². The van der Waals surface area contributed by atoms with Crippen molar-refractivity contribution in [3.63, 3.8) is 0 Å². The molecule has 0 amide bonds. The van der Waals surface area contributed by atoms with Crippen molar-refractivity contribution in [2.75, 3.05) is 0 Å². The quantitative estimate of drug-likeness (QED) is 0.832. The van der Waals surface area contributed by atoms with E-state index in [0.29, 0.717) is 17.9 Å². The predicted octanol–water partition coefficient (Wildman–Crippen LogP) is 3.43. The summed E-state index contributed by atoms with van der Waals surface area (Å²) in [5, 5.41) is 8.83. The van der Waals surface area contributed by atoms with Crippen LogP contribution < -0.4 is 0 Å². The normalized spacial score (nSPS) is 12.8. The fourth-order valence-electron chi connectivity index (χ4n) is 1.91. The van der Waals surface area contributed by atoms with Crippen molar-refractivity contribution < 1.29 is 14.3 Å². The van der Waals surface area contributed by atoms with Gasteiger partial charge in [0, 0.05) is 0 Å². The number of hydrogen-bond acceptors (Lipinski definition) is 1. The topological polar surface area (TPSA) is 37.3 Å². The number of rotatable bonds is 5. The van der Waals surface area contributed by atoms with E-state index in [2.05, 4.69) is 0 Å². The molecule has 0 aliphatic heterocycles. The summed E-state index contributed by atoms with van der Waals surface area (Å²) in [6.45, 7) is 4.02. The smallest absolute Gasteiger partial charge is 0.303 e. The summed E-state index contributed by atoms with van der Waals surface area (Å²) in [4.78, 5) is 10.8. The van der Waals surface area contributed by atoms with Gasteiger partial charge in [-0.2, -0.15) is 0 Å². The largest absolute Gasteiger partial charge is 0.481 e. The molecule has 2 nitrogen and oxygen atoms in total. The Morgan fingerprint density at radius 2 is 2.00 bits per heavy atom. The number of hydrogen-bond donors (Lipinski definition) is 1. The highest BCUT2D eigenvalue weighted by Crippen LogP contribution is 2.28. The van der Waals surface area contributed by atoms with Gasteiger partial charge in [-0.3, -0.25) is 4.79 Å². The maximum absolute atomic E-state index is 13.5. The van der Waals surface area contributed by atoms with Crippen LogP contribution in [0.2, 0.25) is 0 Å². The summed E-state index contributed by atoms with van der Waals surface area (Å²) in [5.41, 5.74) is 0.513. The summed E-state index contributed by atoms with van der Waals surface area (Å²) < 4.78 is 13.5. The first-order valence-electron chi connectivity index (χ1n) is 5.47. The van der Waals surface area contributed by atoms with Crippen LogP contribution >= 0.6 is 0 Å². The predicted molar refractivity (Wildman–Crippen MR) is 60.8 cm³/mol. The highest BCUT2D eigenvalue weighted by atomic mass is 19.1.